The predicted octanol–water partition coefficient (Wildman–Crippen LogP) is 3.67. The first-order valence-corrected chi connectivity index (χ1v) is 9.03. The first-order valence-electron chi connectivity index (χ1n) is 9.03. The van der Waals surface area contributed by atoms with Gasteiger partial charge in [-0.3, -0.25) is 14.6 Å². The molecule has 0 fully saturated rings. The molecule has 1 aromatic heterocycles. The summed E-state index contributed by atoms with van der Waals surface area (Å²) in [6.45, 7) is 0. The lowest BCUT2D eigenvalue weighted by molar-refractivity contribution is -0.115. The van der Waals surface area contributed by atoms with Gasteiger partial charge in [-0.05, 0) is 36.4 Å². The van der Waals surface area contributed by atoms with E-state index in [-0.39, 0.29) is 23.5 Å². The number of methoxy groups -OCH3 is 2. The van der Waals surface area contributed by atoms with Gasteiger partial charge in [-0.15, -0.1) is 0 Å². The molecular formula is C22H20FN3O4. The number of aromatic nitrogens is 1. The van der Waals surface area contributed by atoms with Crippen LogP contribution in [0.1, 0.15) is 16.1 Å². The van der Waals surface area contributed by atoms with E-state index in [0.717, 1.165) is 6.07 Å². The minimum atomic E-state index is -0.553. The Balaban J connectivity index is 1.77. The maximum absolute atomic E-state index is 13.8. The van der Waals surface area contributed by atoms with Gasteiger partial charge in [0.05, 0.1) is 32.0 Å². The van der Waals surface area contributed by atoms with Crippen LogP contribution in [0.2, 0.25) is 0 Å². The lowest BCUT2D eigenvalue weighted by Crippen LogP contribution is -2.19. The number of ether oxygens (including phenoxy) is 2. The number of halogens is 1. The minimum absolute atomic E-state index is 0.0166. The van der Waals surface area contributed by atoms with Crippen molar-refractivity contribution in [3.63, 3.8) is 0 Å². The lowest BCUT2D eigenvalue weighted by atomic mass is 10.1. The predicted molar refractivity (Wildman–Crippen MR) is 110 cm³/mol. The van der Waals surface area contributed by atoms with Gasteiger partial charge in [-0.1, -0.05) is 12.1 Å². The van der Waals surface area contributed by atoms with Crippen LogP contribution in [0.25, 0.3) is 0 Å². The van der Waals surface area contributed by atoms with Crippen molar-refractivity contribution in [1.82, 2.24) is 4.98 Å². The number of carbonyl (C=O) groups excluding carboxylic acids is 2. The highest BCUT2D eigenvalue weighted by Crippen LogP contribution is 2.27. The van der Waals surface area contributed by atoms with Gasteiger partial charge >= 0.3 is 0 Å². The molecule has 2 aromatic carbocycles. The number of rotatable bonds is 7. The maximum Gasteiger partial charge on any atom is 0.274 e. The third-order valence-corrected chi connectivity index (χ3v) is 4.25. The second kappa shape index (κ2) is 9.51. The smallest absolute Gasteiger partial charge is 0.274 e. The topological polar surface area (TPSA) is 89.6 Å². The van der Waals surface area contributed by atoms with Gasteiger partial charge in [0.1, 0.15) is 23.0 Å². The third-order valence-electron chi connectivity index (χ3n) is 4.25. The molecule has 0 aliphatic carbocycles. The molecule has 30 heavy (non-hydrogen) atoms. The fourth-order valence-corrected chi connectivity index (χ4v) is 2.78. The summed E-state index contributed by atoms with van der Waals surface area (Å²) in [5, 5.41) is 5.27. The van der Waals surface area contributed by atoms with Crippen LogP contribution in [0.4, 0.5) is 15.8 Å². The Morgan fingerprint density at radius 1 is 0.967 bits per heavy atom. The number of nitrogens with one attached hydrogen (secondary N) is 2. The van der Waals surface area contributed by atoms with Crippen molar-refractivity contribution in [2.75, 3.05) is 24.9 Å². The van der Waals surface area contributed by atoms with Gasteiger partial charge in [0.15, 0.2) is 0 Å². The largest absolute Gasteiger partial charge is 0.497 e. The first-order chi connectivity index (χ1) is 14.5. The van der Waals surface area contributed by atoms with Crippen LogP contribution in [0.3, 0.4) is 0 Å². The molecule has 3 aromatic rings. The molecule has 0 aliphatic rings. The van der Waals surface area contributed by atoms with Crippen LogP contribution in [0.5, 0.6) is 11.5 Å². The fraction of sp³-hybridized carbons (Fsp3) is 0.136. The number of carbonyl (C=O) groups is 2. The molecule has 0 bridgehead atoms. The van der Waals surface area contributed by atoms with Crippen LogP contribution in [-0.4, -0.2) is 31.0 Å². The van der Waals surface area contributed by atoms with Gasteiger partial charge in [-0.2, -0.15) is 0 Å². The van der Waals surface area contributed by atoms with Gasteiger partial charge < -0.3 is 20.1 Å². The van der Waals surface area contributed by atoms with E-state index in [1.807, 2.05) is 0 Å². The average Bonchev–Trinajstić information content (AvgIpc) is 2.76. The van der Waals surface area contributed by atoms with Crippen molar-refractivity contribution in [2.45, 2.75) is 6.42 Å². The SMILES string of the molecule is COc1ccc(CC(=O)Nc2cc(F)ccc2NC(=O)c2ccccn2)c(OC)c1. The van der Waals surface area contributed by atoms with Gasteiger partial charge in [0, 0.05) is 17.8 Å². The number of nitrogens with zero attached hydrogens (tertiary/aromatic N) is 1. The molecule has 2 amide bonds. The normalized spacial score (nSPS) is 10.2. The van der Waals surface area contributed by atoms with Crippen molar-refractivity contribution < 1.29 is 23.5 Å². The van der Waals surface area contributed by atoms with E-state index in [1.165, 1.54) is 32.5 Å². The molecule has 3 rings (SSSR count). The summed E-state index contributed by atoms with van der Waals surface area (Å²) in [7, 11) is 3.03. The number of hydrogen-bond acceptors (Lipinski definition) is 5. The summed E-state index contributed by atoms with van der Waals surface area (Å²) in [6.07, 6.45) is 1.47. The molecule has 0 atom stereocenters. The second-order valence-corrected chi connectivity index (χ2v) is 6.26. The van der Waals surface area contributed by atoms with E-state index >= 15 is 0 Å². The molecular weight excluding hydrogens is 389 g/mol. The fourth-order valence-electron chi connectivity index (χ4n) is 2.78. The molecule has 0 saturated heterocycles. The van der Waals surface area contributed by atoms with E-state index < -0.39 is 17.6 Å². The molecule has 0 spiro atoms. The summed E-state index contributed by atoms with van der Waals surface area (Å²) >= 11 is 0. The van der Waals surface area contributed by atoms with Gasteiger partial charge in [-0.25, -0.2) is 4.39 Å². The zero-order valence-corrected chi connectivity index (χ0v) is 16.4. The third kappa shape index (κ3) is 5.11. The van der Waals surface area contributed by atoms with E-state index in [9.17, 15) is 14.0 Å². The molecule has 8 heteroatoms. The molecule has 0 aliphatic heterocycles. The summed E-state index contributed by atoms with van der Waals surface area (Å²) in [5.74, 6) is -0.344. The standard InChI is InChI=1S/C22H20FN3O4/c1-29-16-8-6-14(20(13-16)30-2)11-21(27)25-19-12-15(23)7-9-17(19)26-22(28)18-5-3-4-10-24-18/h3-10,12-13H,11H2,1-2H3,(H,25,27)(H,26,28). The van der Waals surface area contributed by atoms with Crippen LogP contribution in [-0.2, 0) is 11.2 Å². The van der Waals surface area contributed by atoms with E-state index in [4.69, 9.17) is 9.47 Å². The minimum Gasteiger partial charge on any atom is -0.497 e. The van der Waals surface area contributed by atoms with Crippen molar-refractivity contribution in [1.29, 1.82) is 0 Å². The molecule has 7 nitrogen and oxygen atoms in total. The Morgan fingerprint density at radius 2 is 1.80 bits per heavy atom. The zero-order chi connectivity index (χ0) is 21.5. The highest BCUT2D eigenvalue weighted by atomic mass is 19.1. The average molecular weight is 409 g/mol. The van der Waals surface area contributed by atoms with Gasteiger partial charge in [0.2, 0.25) is 5.91 Å². The monoisotopic (exact) mass is 409 g/mol. The second-order valence-electron chi connectivity index (χ2n) is 6.26. The van der Waals surface area contributed by atoms with Crippen LogP contribution in [0.15, 0.2) is 60.8 Å². The van der Waals surface area contributed by atoms with Gasteiger partial charge in [0.25, 0.3) is 5.91 Å². The van der Waals surface area contributed by atoms with Crippen LogP contribution in [0, 0.1) is 5.82 Å². The van der Waals surface area contributed by atoms with Crippen molar-refractivity contribution in [3.8, 4) is 11.5 Å². The first kappa shape index (κ1) is 20.8. The Bertz CT molecular complexity index is 1060. The summed E-state index contributed by atoms with van der Waals surface area (Å²) < 4.78 is 24.2. The van der Waals surface area contributed by atoms with Crippen molar-refractivity contribution >= 4 is 23.2 Å². The molecule has 1 heterocycles. The number of hydrogen-bond donors (Lipinski definition) is 2. The van der Waals surface area contributed by atoms with Crippen molar-refractivity contribution in [2.24, 2.45) is 0 Å². The molecule has 154 valence electrons. The lowest BCUT2D eigenvalue weighted by Gasteiger charge is -2.14. The van der Waals surface area contributed by atoms with Crippen LogP contribution < -0.4 is 20.1 Å². The molecule has 0 radical (unpaired) electrons. The van der Waals surface area contributed by atoms with E-state index in [2.05, 4.69) is 15.6 Å². The molecule has 0 saturated carbocycles. The van der Waals surface area contributed by atoms with Crippen molar-refractivity contribution in [3.05, 3.63) is 77.9 Å². The van der Waals surface area contributed by atoms with Crippen LogP contribution >= 0.6 is 0 Å². The highest BCUT2D eigenvalue weighted by Gasteiger charge is 2.15. The molecule has 0 unspecified atom stereocenters. The number of benzene rings is 2. The molecule has 2 N–H and O–H groups in total. The van der Waals surface area contributed by atoms with E-state index in [0.29, 0.717) is 17.1 Å². The summed E-state index contributed by atoms with van der Waals surface area (Å²) in [4.78, 5) is 28.9. The Labute approximate surface area is 172 Å². The van der Waals surface area contributed by atoms with E-state index in [1.54, 1.807) is 36.4 Å². The Kier molecular flexibility index (Phi) is 6.59. The Hall–Kier alpha value is -3.94. The quantitative estimate of drug-likeness (QED) is 0.622. The summed E-state index contributed by atoms with van der Waals surface area (Å²) in [6, 6.07) is 13.7. The number of pyridine rings is 1. The number of amides is 2. The Morgan fingerprint density at radius 3 is 2.50 bits per heavy atom. The maximum atomic E-state index is 13.8. The highest BCUT2D eigenvalue weighted by molar-refractivity contribution is 6.06. The zero-order valence-electron chi connectivity index (χ0n) is 16.4. The number of anilines is 2. The summed E-state index contributed by atoms with van der Waals surface area (Å²) in [5.41, 5.74) is 1.22.